The summed E-state index contributed by atoms with van der Waals surface area (Å²) in [4.78, 5) is 2.43. The van der Waals surface area contributed by atoms with Crippen molar-refractivity contribution >= 4 is 0 Å². The quantitative estimate of drug-likeness (QED) is 0.851. The molecule has 0 radical (unpaired) electrons. The van der Waals surface area contributed by atoms with Gasteiger partial charge in [-0.15, -0.1) is 0 Å². The Bertz CT molecular complexity index is 466. The lowest BCUT2D eigenvalue weighted by Crippen LogP contribution is -2.26. The van der Waals surface area contributed by atoms with Crippen LogP contribution in [0, 0.1) is 17.8 Å². The molecule has 0 bridgehead atoms. The van der Waals surface area contributed by atoms with Crippen molar-refractivity contribution in [1.82, 2.24) is 4.90 Å². The van der Waals surface area contributed by atoms with E-state index in [9.17, 15) is 0 Å². The summed E-state index contributed by atoms with van der Waals surface area (Å²) in [5, 5.41) is 8.74. The smallest absolute Gasteiger partial charge is 0.104 e. The van der Waals surface area contributed by atoms with Gasteiger partial charge in [-0.1, -0.05) is 43.2 Å². The number of hydrogen-bond acceptors (Lipinski definition) is 2. The van der Waals surface area contributed by atoms with Crippen LogP contribution in [-0.4, -0.2) is 30.2 Å². The maximum atomic E-state index is 8.74. The van der Waals surface area contributed by atoms with Crippen molar-refractivity contribution in [3.05, 3.63) is 35.4 Å². The molecule has 0 aromatic heterocycles. The summed E-state index contributed by atoms with van der Waals surface area (Å²) in [6.45, 7) is 2.10. The molecule has 0 saturated heterocycles. The van der Waals surface area contributed by atoms with Crippen molar-refractivity contribution < 1.29 is 5.11 Å². The molecule has 1 fully saturated rings. The Morgan fingerprint density at radius 3 is 2.80 bits per heavy atom. The zero-order valence-corrected chi connectivity index (χ0v) is 12.4. The van der Waals surface area contributed by atoms with E-state index in [1.165, 1.54) is 44.2 Å². The first-order chi connectivity index (χ1) is 9.78. The van der Waals surface area contributed by atoms with Crippen molar-refractivity contribution in [1.29, 1.82) is 0 Å². The lowest BCUT2D eigenvalue weighted by atomic mass is 9.89. The molecule has 1 aromatic carbocycles. The highest BCUT2D eigenvalue weighted by molar-refractivity contribution is 5.37. The third-order valence-electron chi connectivity index (χ3n) is 3.99. The van der Waals surface area contributed by atoms with Crippen molar-refractivity contribution in [3.8, 4) is 11.8 Å². The van der Waals surface area contributed by atoms with Gasteiger partial charge in [-0.2, -0.15) is 0 Å². The van der Waals surface area contributed by atoms with Crippen LogP contribution in [0.25, 0.3) is 0 Å². The van der Waals surface area contributed by atoms with Gasteiger partial charge in [0.05, 0.1) is 0 Å². The molecule has 0 amide bonds. The molecule has 0 unspecified atom stereocenters. The van der Waals surface area contributed by atoms with Crippen LogP contribution in [0.2, 0.25) is 0 Å². The van der Waals surface area contributed by atoms with Gasteiger partial charge in [-0.05, 0) is 43.5 Å². The number of aliphatic hydroxyl groups excluding tert-OH is 1. The van der Waals surface area contributed by atoms with E-state index >= 15 is 0 Å². The minimum atomic E-state index is -0.0776. The Labute approximate surface area is 122 Å². The monoisotopic (exact) mass is 271 g/mol. The van der Waals surface area contributed by atoms with E-state index in [0.29, 0.717) is 0 Å². The number of benzene rings is 1. The van der Waals surface area contributed by atoms with Crippen LogP contribution in [0.1, 0.15) is 43.2 Å². The highest BCUT2D eigenvalue weighted by atomic mass is 16.2. The molecule has 2 nitrogen and oxygen atoms in total. The molecule has 2 heteroatoms. The number of rotatable bonds is 4. The van der Waals surface area contributed by atoms with Crippen molar-refractivity contribution in [2.75, 3.05) is 20.2 Å². The molecule has 1 aliphatic rings. The van der Waals surface area contributed by atoms with Crippen molar-refractivity contribution in [3.63, 3.8) is 0 Å². The summed E-state index contributed by atoms with van der Waals surface area (Å²) in [7, 11) is 2.21. The van der Waals surface area contributed by atoms with Gasteiger partial charge in [-0.25, -0.2) is 0 Å². The zero-order valence-electron chi connectivity index (χ0n) is 12.4. The second-order valence-corrected chi connectivity index (χ2v) is 5.86. The number of nitrogens with zero attached hydrogens (tertiary/aromatic N) is 1. The fourth-order valence-electron chi connectivity index (χ4n) is 3.08. The topological polar surface area (TPSA) is 23.5 Å². The van der Waals surface area contributed by atoms with Crippen LogP contribution < -0.4 is 0 Å². The molecule has 20 heavy (non-hydrogen) atoms. The molecular formula is C18H25NO. The normalized spacial score (nSPS) is 15.9. The average Bonchev–Trinajstić information content (AvgIpc) is 2.46. The van der Waals surface area contributed by atoms with Crippen LogP contribution in [0.15, 0.2) is 24.3 Å². The standard InChI is InChI=1S/C18H25NO/c1-19(14-17-7-3-2-4-8-17)15-18-10-5-9-16(13-18)11-6-12-20/h5,9-10,13,17,20H,2-4,7-8,12,14-15H2,1H3. The largest absolute Gasteiger partial charge is 0.384 e. The minimum Gasteiger partial charge on any atom is -0.384 e. The summed E-state index contributed by atoms with van der Waals surface area (Å²) in [6.07, 6.45) is 7.03. The summed E-state index contributed by atoms with van der Waals surface area (Å²) in [5.41, 5.74) is 2.29. The second kappa shape index (κ2) is 8.09. The molecule has 108 valence electrons. The van der Waals surface area contributed by atoms with Crippen LogP contribution in [0.5, 0.6) is 0 Å². The lowest BCUT2D eigenvalue weighted by molar-refractivity contribution is 0.228. The highest BCUT2D eigenvalue weighted by Crippen LogP contribution is 2.24. The first-order valence-electron chi connectivity index (χ1n) is 7.65. The summed E-state index contributed by atoms with van der Waals surface area (Å²) in [6, 6.07) is 8.32. The third kappa shape index (κ3) is 5.00. The van der Waals surface area contributed by atoms with Gasteiger partial charge in [0.2, 0.25) is 0 Å². The summed E-state index contributed by atoms with van der Waals surface area (Å²) >= 11 is 0. The fourth-order valence-corrected chi connectivity index (χ4v) is 3.08. The SMILES string of the molecule is CN(Cc1cccc(C#CCO)c1)CC1CCCCC1. The number of hydrogen-bond donors (Lipinski definition) is 1. The average molecular weight is 271 g/mol. The summed E-state index contributed by atoms with van der Waals surface area (Å²) < 4.78 is 0. The van der Waals surface area contributed by atoms with Crippen molar-refractivity contribution in [2.24, 2.45) is 5.92 Å². The second-order valence-electron chi connectivity index (χ2n) is 5.86. The first kappa shape index (κ1) is 15.1. The van der Waals surface area contributed by atoms with Gasteiger partial charge in [0.1, 0.15) is 6.61 Å². The minimum absolute atomic E-state index is 0.0776. The highest BCUT2D eigenvalue weighted by Gasteiger charge is 2.15. The van der Waals surface area contributed by atoms with Gasteiger partial charge in [0.15, 0.2) is 0 Å². The lowest BCUT2D eigenvalue weighted by Gasteiger charge is -2.27. The van der Waals surface area contributed by atoms with E-state index in [1.807, 2.05) is 12.1 Å². The van der Waals surface area contributed by atoms with E-state index in [4.69, 9.17) is 5.11 Å². The maximum Gasteiger partial charge on any atom is 0.104 e. The van der Waals surface area contributed by atoms with Crippen LogP contribution in [-0.2, 0) is 6.54 Å². The van der Waals surface area contributed by atoms with E-state index in [2.05, 4.69) is 35.9 Å². The van der Waals surface area contributed by atoms with Crippen molar-refractivity contribution in [2.45, 2.75) is 38.6 Å². The zero-order chi connectivity index (χ0) is 14.2. The molecule has 0 atom stereocenters. The molecule has 2 rings (SSSR count). The van der Waals surface area contributed by atoms with Crippen LogP contribution >= 0.6 is 0 Å². The molecule has 0 aliphatic heterocycles. The number of aliphatic hydroxyl groups is 1. The van der Waals surface area contributed by atoms with Gasteiger partial charge in [-0.3, -0.25) is 0 Å². The Kier molecular flexibility index (Phi) is 6.11. The predicted molar refractivity (Wildman–Crippen MR) is 83.3 cm³/mol. The molecule has 1 N–H and O–H groups in total. The Balaban J connectivity index is 1.88. The third-order valence-corrected chi connectivity index (χ3v) is 3.99. The van der Waals surface area contributed by atoms with E-state index in [-0.39, 0.29) is 6.61 Å². The summed E-state index contributed by atoms with van der Waals surface area (Å²) in [5.74, 6) is 6.55. The Morgan fingerprint density at radius 2 is 2.05 bits per heavy atom. The molecule has 0 spiro atoms. The molecule has 1 saturated carbocycles. The van der Waals surface area contributed by atoms with E-state index in [0.717, 1.165) is 18.0 Å². The molecule has 0 heterocycles. The van der Waals surface area contributed by atoms with Gasteiger partial charge in [0.25, 0.3) is 0 Å². The fraction of sp³-hybridized carbons (Fsp3) is 0.556. The van der Waals surface area contributed by atoms with Crippen LogP contribution in [0.3, 0.4) is 0 Å². The predicted octanol–water partition coefficient (Wildman–Crippen LogP) is 3.04. The Morgan fingerprint density at radius 1 is 1.25 bits per heavy atom. The van der Waals surface area contributed by atoms with Gasteiger partial charge < -0.3 is 10.0 Å². The van der Waals surface area contributed by atoms with Gasteiger partial charge >= 0.3 is 0 Å². The van der Waals surface area contributed by atoms with Gasteiger partial charge in [0, 0.05) is 18.7 Å². The molecule has 1 aliphatic carbocycles. The Hall–Kier alpha value is -1.30. The van der Waals surface area contributed by atoms with Crippen LogP contribution in [0.4, 0.5) is 0 Å². The van der Waals surface area contributed by atoms with E-state index in [1.54, 1.807) is 0 Å². The maximum absolute atomic E-state index is 8.74. The first-order valence-corrected chi connectivity index (χ1v) is 7.65. The molecule has 1 aromatic rings. The molecular weight excluding hydrogens is 246 g/mol. The van der Waals surface area contributed by atoms with E-state index < -0.39 is 0 Å².